The van der Waals surface area contributed by atoms with E-state index in [-0.39, 0.29) is 0 Å². The molecular formula is C15H19N. The fourth-order valence-electron chi connectivity index (χ4n) is 1.95. The van der Waals surface area contributed by atoms with Crippen LogP contribution in [-0.4, -0.2) is 4.98 Å². The summed E-state index contributed by atoms with van der Waals surface area (Å²) in [5, 5.41) is 1.30. The maximum absolute atomic E-state index is 4.40. The molecule has 1 nitrogen and oxygen atoms in total. The van der Waals surface area contributed by atoms with Gasteiger partial charge >= 0.3 is 0 Å². The Labute approximate surface area is 97.5 Å². The van der Waals surface area contributed by atoms with Gasteiger partial charge < -0.3 is 0 Å². The molecule has 0 spiro atoms. The number of hydrogen-bond donors (Lipinski definition) is 0. The van der Waals surface area contributed by atoms with Crippen molar-refractivity contribution in [2.45, 2.75) is 33.6 Å². The molecule has 0 radical (unpaired) electrons. The SMILES string of the molecule is CCC(C)(C)Cc1ccnc2ccccc12. The Morgan fingerprint density at radius 1 is 1.12 bits per heavy atom. The first kappa shape index (κ1) is 11.1. The molecule has 0 aliphatic carbocycles. The van der Waals surface area contributed by atoms with Crippen LogP contribution >= 0.6 is 0 Å². The van der Waals surface area contributed by atoms with E-state index in [1.54, 1.807) is 0 Å². The molecule has 2 rings (SSSR count). The highest BCUT2D eigenvalue weighted by Crippen LogP contribution is 2.28. The normalized spacial score (nSPS) is 11.9. The van der Waals surface area contributed by atoms with E-state index in [9.17, 15) is 0 Å². The number of aromatic nitrogens is 1. The van der Waals surface area contributed by atoms with Gasteiger partial charge in [0.05, 0.1) is 5.52 Å². The zero-order chi connectivity index (χ0) is 11.6. The Morgan fingerprint density at radius 2 is 1.88 bits per heavy atom. The zero-order valence-electron chi connectivity index (χ0n) is 10.3. The highest BCUT2D eigenvalue weighted by atomic mass is 14.6. The van der Waals surface area contributed by atoms with Crippen LogP contribution in [0.4, 0.5) is 0 Å². The topological polar surface area (TPSA) is 12.9 Å². The minimum atomic E-state index is 0.365. The third-order valence-corrected chi connectivity index (χ3v) is 3.37. The average molecular weight is 213 g/mol. The molecule has 16 heavy (non-hydrogen) atoms. The lowest BCUT2D eigenvalue weighted by Crippen LogP contribution is -2.13. The van der Waals surface area contributed by atoms with Crippen LogP contribution in [0.2, 0.25) is 0 Å². The Kier molecular flexibility index (Phi) is 2.95. The van der Waals surface area contributed by atoms with Gasteiger partial charge in [-0.25, -0.2) is 0 Å². The molecule has 0 atom stereocenters. The van der Waals surface area contributed by atoms with Gasteiger partial charge in [-0.05, 0) is 29.5 Å². The molecule has 1 heteroatoms. The van der Waals surface area contributed by atoms with Gasteiger partial charge in [-0.2, -0.15) is 0 Å². The Morgan fingerprint density at radius 3 is 2.62 bits per heavy atom. The summed E-state index contributed by atoms with van der Waals surface area (Å²) in [5.74, 6) is 0. The molecule has 84 valence electrons. The van der Waals surface area contributed by atoms with Crippen LogP contribution in [0, 0.1) is 5.41 Å². The minimum absolute atomic E-state index is 0.365. The molecular weight excluding hydrogens is 194 g/mol. The number of fused-ring (bicyclic) bond motifs is 1. The molecule has 0 bridgehead atoms. The lowest BCUT2D eigenvalue weighted by Gasteiger charge is -2.23. The van der Waals surface area contributed by atoms with E-state index in [0.29, 0.717) is 5.41 Å². The van der Waals surface area contributed by atoms with E-state index in [4.69, 9.17) is 0 Å². The highest BCUT2D eigenvalue weighted by Gasteiger charge is 2.17. The second kappa shape index (κ2) is 4.25. The molecule has 1 aromatic carbocycles. The molecule has 0 saturated heterocycles. The zero-order valence-corrected chi connectivity index (χ0v) is 10.3. The van der Waals surface area contributed by atoms with Crippen molar-refractivity contribution in [2.24, 2.45) is 5.41 Å². The lowest BCUT2D eigenvalue weighted by molar-refractivity contribution is 0.350. The summed E-state index contributed by atoms with van der Waals surface area (Å²) >= 11 is 0. The summed E-state index contributed by atoms with van der Waals surface area (Å²) in [7, 11) is 0. The fraction of sp³-hybridized carbons (Fsp3) is 0.400. The maximum Gasteiger partial charge on any atom is 0.0704 e. The van der Waals surface area contributed by atoms with E-state index in [1.165, 1.54) is 17.4 Å². The summed E-state index contributed by atoms with van der Waals surface area (Å²) in [6.07, 6.45) is 4.24. The second-order valence-corrected chi connectivity index (χ2v) is 5.18. The summed E-state index contributed by atoms with van der Waals surface area (Å²) in [6, 6.07) is 10.5. The van der Waals surface area contributed by atoms with Crippen molar-refractivity contribution >= 4 is 10.9 Å². The number of nitrogens with zero attached hydrogens (tertiary/aromatic N) is 1. The second-order valence-electron chi connectivity index (χ2n) is 5.18. The molecule has 0 saturated carbocycles. The number of para-hydroxylation sites is 1. The summed E-state index contributed by atoms with van der Waals surface area (Å²) in [4.78, 5) is 4.40. The Balaban J connectivity index is 2.45. The molecule has 0 amide bonds. The van der Waals surface area contributed by atoms with Gasteiger partial charge in [-0.3, -0.25) is 4.98 Å². The quantitative estimate of drug-likeness (QED) is 0.744. The molecule has 1 aromatic heterocycles. The van der Waals surface area contributed by atoms with Gasteiger partial charge in [0.2, 0.25) is 0 Å². The minimum Gasteiger partial charge on any atom is -0.256 e. The van der Waals surface area contributed by atoms with Crippen molar-refractivity contribution < 1.29 is 0 Å². The predicted octanol–water partition coefficient (Wildman–Crippen LogP) is 4.21. The van der Waals surface area contributed by atoms with Crippen LogP contribution in [0.3, 0.4) is 0 Å². The molecule has 0 fully saturated rings. The summed E-state index contributed by atoms with van der Waals surface area (Å²) < 4.78 is 0. The van der Waals surface area contributed by atoms with Crippen molar-refractivity contribution in [3.63, 3.8) is 0 Å². The van der Waals surface area contributed by atoms with Gasteiger partial charge in [-0.1, -0.05) is 45.4 Å². The van der Waals surface area contributed by atoms with E-state index in [2.05, 4.69) is 50.0 Å². The van der Waals surface area contributed by atoms with E-state index in [1.807, 2.05) is 12.3 Å². The predicted molar refractivity (Wildman–Crippen MR) is 69.5 cm³/mol. The van der Waals surface area contributed by atoms with Gasteiger partial charge in [-0.15, -0.1) is 0 Å². The van der Waals surface area contributed by atoms with Crippen LogP contribution in [0.1, 0.15) is 32.8 Å². The van der Waals surface area contributed by atoms with Crippen molar-refractivity contribution in [3.05, 3.63) is 42.1 Å². The Bertz CT molecular complexity index is 480. The molecule has 2 aromatic rings. The first-order valence-corrected chi connectivity index (χ1v) is 5.95. The first-order chi connectivity index (χ1) is 7.62. The van der Waals surface area contributed by atoms with Crippen molar-refractivity contribution in [3.8, 4) is 0 Å². The summed E-state index contributed by atoms with van der Waals surface area (Å²) in [6.45, 7) is 6.90. The van der Waals surface area contributed by atoms with Gasteiger partial charge in [0, 0.05) is 11.6 Å². The van der Waals surface area contributed by atoms with Crippen LogP contribution in [-0.2, 0) is 6.42 Å². The number of rotatable bonds is 3. The third-order valence-electron chi connectivity index (χ3n) is 3.37. The monoisotopic (exact) mass is 213 g/mol. The average Bonchev–Trinajstić information content (AvgIpc) is 2.29. The standard InChI is InChI=1S/C15H19N/c1-4-15(2,3)11-12-9-10-16-14-8-6-5-7-13(12)14/h5-10H,4,11H2,1-3H3. The van der Waals surface area contributed by atoms with Crippen LogP contribution < -0.4 is 0 Å². The smallest absolute Gasteiger partial charge is 0.0704 e. The Hall–Kier alpha value is -1.37. The lowest BCUT2D eigenvalue weighted by atomic mass is 9.82. The van der Waals surface area contributed by atoms with E-state index in [0.717, 1.165) is 11.9 Å². The van der Waals surface area contributed by atoms with Crippen molar-refractivity contribution in [2.75, 3.05) is 0 Å². The number of pyridine rings is 1. The first-order valence-electron chi connectivity index (χ1n) is 5.95. The molecule has 0 aliphatic rings. The van der Waals surface area contributed by atoms with E-state index < -0.39 is 0 Å². The van der Waals surface area contributed by atoms with Gasteiger partial charge in [0.15, 0.2) is 0 Å². The molecule has 0 N–H and O–H groups in total. The number of hydrogen-bond acceptors (Lipinski definition) is 1. The largest absolute Gasteiger partial charge is 0.256 e. The van der Waals surface area contributed by atoms with Crippen molar-refractivity contribution in [1.82, 2.24) is 4.98 Å². The molecule has 0 unspecified atom stereocenters. The maximum atomic E-state index is 4.40. The van der Waals surface area contributed by atoms with Gasteiger partial charge in [0.1, 0.15) is 0 Å². The number of benzene rings is 1. The van der Waals surface area contributed by atoms with Gasteiger partial charge in [0.25, 0.3) is 0 Å². The van der Waals surface area contributed by atoms with Crippen LogP contribution in [0.15, 0.2) is 36.5 Å². The highest BCUT2D eigenvalue weighted by molar-refractivity contribution is 5.81. The van der Waals surface area contributed by atoms with Crippen molar-refractivity contribution in [1.29, 1.82) is 0 Å². The molecule has 1 heterocycles. The third kappa shape index (κ3) is 2.24. The summed E-state index contributed by atoms with van der Waals surface area (Å²) in [5.41, 5.74) is 2.88. The van der Waals surface area contributed by atoms with Crippen LogP contribution in [0.25, 0.3) is 10.9 Å². The van der Waals surface area contributed by atoms with E-state index >= 15 is 0 Å². The fourth-order valence-corrected chi connectivity index (χ4v) is 1.95. The molecule has 0 aliphatic heterocycles. The van der Waals surface area contributed by atoms with Crippen LogP contribution in [0.5, 0.6) is 0 Å².